The molecule has 0 spiro atoms. The zero-order valence-corrected chi connectivity index (χ0v) is 19.2. The molecule has 1 fully saturated rings. The molecule has 3 heterocycles. The number of nitrogens with zero attached hydrogens (tertiary/aromatic N) is 3. The average molecular weight is 474 g/mol. The molecule has 0 bridgehead atoms. The Hall–Kier alpha value is -3.87. The summed E-state index contributed by atoms with van der Waals surface area (Å²) in [5.41, 5.74) is 3.27. The maximum absolute atomic E-state index is 13.1. The largest absolute Gasteiger partial charge is 0.445 e. The van der Waals surface area contributed by atoms with Crippen LogP contribution in [0.4, 0.5) is 8.78 Å². The first-order valence-corrected chi connectivity index (χ1v) is 11.7. The molecule has 7 heteroatoms. The number of halogens is 2. The molecular formula is C28H25F2N3O2. The molecule has 2 aromatic carbocycles. The Morgan fingerprint density at radius 2 is 1.57 bits per heavy atom. The predicted octanol–water partition coefficient (Wildman–Crippen LogP) is 5.55. The van der Waals surface area contributed by atoms with Gasteiger partial charge >= 0.3 is 0 Å². The number of aromatic nitrogens is 2. The number of hydrogen-bond donors (Lipinski definition) is 0. The normalized spacial score (nSPS) is 15.8. The maximum atomic E-state index is 13.1. The molecule has 0 radical (unpaired) electrons. The van der Waals surface area contributed by atoms with E-state index < -0.39 is 0 Å². The summed E-state index contributed by atoms with van der Waals surface area (Å²) in [6.45, 7) is 1.21. The van der Waals surface area contributed by atoms with Crippen molar-refractivity contribution in [2.75, 3.05) is 13.1 Å². The fraction of sp³-hybridized carbons (Fsp3) is 0.250. The number of hydrogen-bond acceptors (Lipinski definition) is 4. The Morgan fingerprint density at radius 1 is 0.886 bits per heavy atom. The molecule has 1 unspecified atom stereocenters. The summed E-state index contributed by atoms with van der Waals surface area (Å²) >= 11 is 0. The second-order valence-corrected chi connectivity index (χ2v) is 8.90. The van der Waals surface area contributed by atoms with Crippen molar-refractivity contribution in [3.05, 3.63) is 119 Å². The zero-order valence-electron chi connectivity index (χ0n) is 19.2. The number of piperidine rings is 1. The van der Waals surface area contributed by atoms with E-state index in [2.05, 4.69) is 9.97 Å². The van der Waals surface area contributed by atoms with Crippen LogP contribution in [0.25, 0.3) is 0 Å². The second kappa shape index (κ2) is 10.2. The van der Waals surface area contributed by atoms with Gasteiger partial charge < -0.3 is 9.32 Å². The molecule has 0 saturated carbocycles. The highest BCUT2D eigenvalue weighted by molar-refractivity contribution is 5.94. The average Bonchev–Trinajstić information content (AvgIpc) is 3.35. The van der Waals surface area contributed by atoms with Crippen molar-refractivity contribution in [1.82, 2.24) is 14.9 Å². The van der Waals surface area contributed by atoms with E-state index in [1.54, 1.807) is 42.7 Å². The third-order valence-corrected chi connectivity index (χ3v) is 6.29. The molecule has 5 nitrogen and oxygen atoms in total. The van der Waals surface area contributed by atoms with E-state index in [1.165, 1.54) is 24.3 Å². The van der Waals surface area contributed by atoms with Gasteiger partial charge in [0.25, 0.3) is 5.91 Å². The van der Waals surface area contributed by atoms with Crippen molar-refractivity contribution in [2.45, 2.75) is 31.6 Å². The number of rotatable bonds is 6. The molecule has 1 aliphatic heterocycles. The molecule has 2 aromatic heterocycles. The maximum Gasteiger partial charge on any atom is 0.255 e. The summed E-state index contributed by atoms with van der Waals surface area (Å²) in [5, 5.41) is 0. The van der Waals surface area contributed by atoms with Crippen LogP contribution >= 0.6 is 0 Å². The van der Waals surface area contributed by atoms with Crippen molar-refractivity contribution < 1.29 is 18.0 Å². The lowest BCUT2D eigenvalue weighted by Crippen LogP contribution is -2.39. The summed E-state index contributed by atoms with van der Waals surface area (Å²) in [6.07, 6.45) is 6.20. The minimum absolute atomic E-state index is 0.0281. The Bertz CT molecular complexity index is 1290. The molecular weight excluding hydrogens is 448 g/mol. The summed E-state index contributed by atoms with van der Waals surface area (Å²) in [4.78, 5) is 23.9. The third kappa shape index (κ3) is 5.62. The molecule has 0 N–H and O–H groups in total. The predicted molar refractivity (Wildman–Crippen MR) is 127 cm³/mol. The van der Waals surface area contributed by atoms with Gasteiger partial charge in [-0.1, -0.05) is 24.3 Å². The SMILES string of the molecule is O=C(c1ccc(Cc2ccc(F)cc2)nc1)N1CCCC(c2ncc(Cc3ccc(F)cc3)o2)C1. The van der Waals surface area contributed by atoms with Gasteiger partial charge in [0.2, 0.25) is 0 Å². The van der Waals surface area contributed by atoms with Crippen molar-refractivity contribution in [1.29, 1.82) is 0 Å². The van der Waals surface area contributed by atoms with E-state index in [0.717, 1.165) is 35.4 Å². The van der Waals surface area contributed by atoms with Gasteiger partial charge in [0.15, 0.2) is 5.89 Å². The Balaban J connectivity index is 1.21. The minimum Gasteiger partial charge on any atom is -0.445 e. The van der Waals surface area contributed by atoms with Gasteiger partial charge in [-0.2, -0.15) is 0 Å². The molecule has 1 aliphatic rings. The Kier molecular flexibility index (Phi) is 6.66. The fourth-order valence-electron chi connectivity index (χ4n) is 4.41. The molecule has 1 amide bonds. The minimum atomic E-state index is -0.267. The highest BCUT2D eigenvalue weighted by atomic mass is 19.1. The summed E-state index contributed by atoms with van der Waals surface area (Å²) in [5.74, 6) is 0.783. The van der Waals surface area contributed by atoms with Crippen LogP contribution < -0.4 is 0 Å². The quantitative estimate of drug-likeness (QED) is 0.369. The van der Waals surface area contributed by atoms with Crippen LogP contribution in [0.1, 0.15) is 57.6 Å². The Labute approximate surface area is 202 Å². The number of amides is 1. The molecule has 0 aliphatic carbocycles. The van der Waals surface area contributed by atoms with E-state index in [-0.39, 0.29) is 23.5 Å². The van der Waals surface area contributed by atoms with Crippen LogP contribution in [0, 0.1) is 11.6 Å². The lowest BCUT2D eigenvalue weighted by molar-refractivity contribution is 0.0697. The fourth-order valence-corrected chi connectivity index (χ4v) is 4.41. The smallest absolute Gasteiger partial charge is 0.255 e. The van der Waals surface area contributed by atoms with Crippen LogP contribution in [-0.4, -0.2) is 33.9 Å². The topological polar surface area (TPSA) is 59.2 Å². The number of benzene rings is 2. The number of pyridine rings is 1. The summed E-state index contributed by atoms with van der Waals surface area (Å²) in [6, 6.07) is 16.3. The van der Waals surface area contributed by atoms with Gasteiger partial charge in [-0.25, -0.2) is 13.8 Å². The number of carbonyl (C=O) groups excluding carboxylic acids is 1. The highest BCUT2D eigenvalue weighted by Crippen LogP contribution is 2.28. The van der Waals surface area contributed by atoms with Crippen LogP contribution in [0.3, 0.4) is 0 Å². The molecule has 178 valence electrons. The van der Waals surface area contributed by atoms with Gasteiger partial charge in [0.1, 0.15) is 17.4 Å². The van der Waals surface area contributed by atoms with E-state index in [4.69, 9.17) is 4.42 Å². The number of carbonyl (C=O) groups is 1. The first kappa shape index (κ1) is 22.9. The van der Waals surface area contributed by atoms with Crippen LogP contribution in [0.5, 0.6) is 0 Å². The van der Waals surface area contributed by atoms with Crippen LogP contribution in [0.15, 0.2) is 77.5 Å². The molecule has 1 atom stereocenters. The zero-order chi connectivity index (χ0) is 24.2. The van der Waals surface area contributed by atoms with Crippen LogP contribution in [0.2, 0.25) is 0 Å². The Morgan fingerprint density at radius 3 is 2.23 bits per heavy atom. The van der Waals surface area contributed by atoms with Gasteiger partial charge in [0.05, 0.1) is 17.7 Å². The van der Waals surface area contributed by atoms with E-state index >= 15 is 0 Å². The number of likely N-dealkylation sites (tertiary alicyclic amines) is 1. The van der Waals surface area contributed by atoms with Crippen LogP contribution in [-0.2, 0) is 12.8 Å². The van der Waals surface area contributed by atoms with Gasteiger partial charge in [-0.15, -0.1) is 0 Å². The van der Waals surface area contributed by atoms with Gasteiger partial charge in [-0.3, -0.25) is 9.78 Å². The molecule has 1 saturated heterocycles. The second-order valence-electron chi connectivity index (χ2n) is 8.90. The summed E-state index contributed by atoms with van der Waals surface area (Å²) in [7, 11) is 0. The van der Waals surface area contributed by atoms with E-state index in [1.807, 2.05) is 11.0 Å². The lowest BCUT2D eigenvalue weighted by Gasteiger charge is -2.31. The molecule has 4 aromatic rings. The summed E-state index contributed by atoms with van der Waals surface area (Å²) < 4.78 is 32.2. The monoisotopic (exact) mass is 473 g/mol. The first-order valence-electron chi connectivity index (χ1n) is 11.7. The number of oxazole rings is 1. The van der Waals surface area contributed by atoms with Crippen molar-refractivity contribution in [2.24, 2.45) is 0 Å². The highest BCUT2D eigenvalue weighted by Gasteiger charge is 2.28. The van der Waals surface area contributed by atoms with E-state index in [0.29, 0.717) is 37.4 Å². The molecule has 5 rings (SSSR count). The first-order chi connectivity index (χ1) is 17.0. The van der Waals surface area contributed by atoms with Crippen molar-refractivity contribution in [3.63, 3.8) is 0 Å². The lowest BCUT2D eigenvalue weighted by atomic mass is 9.97. The van der Waals surface area contributed by atoms with Gasteiger partial charge in [-0.05, 0) is 60.4 Å². The third-order valence-electron chi connectivity index (χ3n) is 6.29. The van der Waals surface area contributed by atoms with Crippen molar-refractivity contribution in [3.8, 4) is 0 Å². The standard InChI is InChI=1S/C28H25F2N3O2/c29-23-8-3-19(4-9-23)14-25-12-7-21(16-31-25)28(34)33-13-1-2-22(18-33)27-32-17-26(35-27)15-20-5-10-24(30)11-6-20/h3-12,16-17,22H,1-2,13-15,18H2. The van der Waals surface area contributed by atoms with Crippen molar-refractivity contribution >= 4 is 5.91 Å². The molecule has 35 heavy (non-hydrogen) atoms. The van der Waals surface area contributed by atoms with E-state index in [9.17, 15) is 13.6 Å². The van der Waals surface area contributed by atoms with Gasteiger partial charge in [0, 0.05) is 37.8 Å².